The van der Waals surface area contributed by atoms with Gasteiger partial charge in [-0.3, -0.25) is 0 Å². The number of imidazole rings is 1. The largest absolute Gasteiger partial charge is 0.497 e. The second kappa shape index (κ2) is 4.85. The van der Waals surface area contributed by atoms with Gasteiger partial charge in [0.1, 0.15) is 5.75 Å². The molecule has 3 aromatic rings. The third-order valence-corrected chi connectivity index (χ3v) is 3.26. The molecule has 1 aromatic carbocycles. The van der Waals surface area contributed by atoms with Crippen LogP contribution in [-0.2, 0) is 13.0 Å². The number of fused-ring (bicyclic) bond motifs is 1. The quantitative estimate of drug-likeness (QED) is 0.741. The molecule has 0 aliphatic rings. The molecule has 2 aromatic heterocycles. The van der Waals surface area contributed by atoms with Crippen LogP contribution >= 0.6 is 12.2 Å². The van der Waals surface area contributed by atoms with E-state index >= 15 is 0 Å². The van der Waals surface area contributed by atoms with E-state index in [4.69, 9.17) is 21.5 Å². The predicted molar refractivity (Wildman–Crippen MR) is 71.7 cm³/mol. The van der Waals surface area contributed by atoms with Crippen molar-refractivity contribution in [3.8, 4) is 5.75 Å². The van der Waals surface area contributed by atoms with Gasteiger partial charge in [-0.1, -0.05) is 5.16 Å². The number of nitrogens with one attached hydrogen (secondary N) is 1. The second-order valence-electron chi connectivity index (χ2n) is 4.05. The number of hydrogen-bond acceptors (Lipinski definition) is 5. The van der Waals surface area contributed by atoms with Gasteiger partial charge >= 0.3 is 0 Å². The minimum Gasteiger partial charge on any atom is -0.497 e. The van der Waals surface area contributed by atoms with Crippen LogP contribution < -0.4 is 4.74 Å². The molecule has 0 aliphatic heterocycles. The number of aromatic nitrogens is 4. The molecule has 0 radical (unpaired) electrons. The van der Waals surface area contributed by atoms with Crippen molar-refractivity contribution in [1.82, 2.24) is 19.7 Å². The molecule has 0 amide bonds. The Hall–Kier alpha value is -2.15. The first-order valence-corrected chi connectivity index (χ1v) is 6.21. The lowest BCUT2D eigenvalue weighted by molar-refractivity contribution is 0.371. The van der Waals surface area contributed by atoms with Crippen molar-refractivity contribution in [1.29, 1.82) is 0 Å². The van der Waals surface area contributed by atoms with Crippen LogP contribution in [0.2, 0.25) is 0 Å². The molecule has 6 nitrogen and oxygen atoms in total. The maximum atomic E-state index is 5.33. The van der Waals surface area contributed by atoms with Crippen molar-refractivity contribution < 1.29 is 9.26 Å². The number of hydrogen-bond donors (Lipinski definition) is 1. The molecule has 0 fully saturated rings. The number of H-pyrrole nitrogens is 1. The fourth-order valence-corrected chi connectivity index (χ4v) is 2.30. The molecule has 98 valence electrons. The highest BCUT2D eigenvalue weighted by Crippen LogP contribution is 2.20. The number of ether oxygens (including phenoxy) is 1. The smallest absolute Gasteiger partial charge is 0.228 e. The van der Waals surface area contributed by atoms with Gasteiger partial charge in [0.15, 0.2) is 11.1 Å². The molecule has 2 heterocycles. The lowest BCUT2D eigenvalue weighted by atomic mass is 10.3. The van der Waals surface area contributed by atoms with Gasteiger partial charge < -0.3 is 18.8 Å². The molecule has 0 bridgehead atoms. The number of nitrogens with zero attached hydrogens (tertiary/aromatic N) is 3. The molecule has 19 heavy (non-hydrogen) atoms. The Balaban J connectivity index is 1.94. The van der Waals surface area contributed by atoms with Crippen LogP contribution in [0.3, 0.4) is 0 Å². The number of benzene rings is 1. The van der Waals surface area contributed by atoms with E-state index in [2.05, 4.69) is 15.1 Å². The summed E-state index contributed by atoms with van der Waals surface area (Å²) in [5, 5.41) is 3.58. The molecule has 0 atom stereocenters. The van der Waals surface area contributed by atoms with Crippen molar-refractivity contribution in [3.63, 3.8) is 0 Å². The van der Waals surface area contributed by atoms with E-state index in [1.807, 2.05) is 22.8 Å². The van der Waals surface area contributed by atoms with Crippen molar-refractivity contribution in [2.75, 3.05) is 7.11 Å². The van der Waals surface area contributed by atoms with Crippen LogP contribution in [0, 0.1) is 4.77 Å². The summed E-state index contributed by atoms with van der Waals surface area (Å²) in [6, 6.07) is 5.82. The lowest BCUT2D eigenvalue weighted by Crippen LogP contribution is -2.01. The zero-order chi connectivity index (χ0) is 13.2. The Morgan fingerprint density at radius 2 is 2.37 bits per heavy atom. The number of methoxy groups -OCH3 is 1. The van der Waals surface area contributed by atoms with E-state index in [-0.39, 0.29) is 0 Å². The second-order valence-corrected chi connectivity index (χ2v) is 4.44. The van der Waals surface area contributed by atoms with Crippen LogP contribution in [-0.4, -0.2) is 26.8 Å². The zero-order valence-corrected chi connectivity index (χ0v) is 11.1. The van der Waals surface area contributed by atoms with Gasteiger partial charge in [0.25, 0.3) is 0 Å². The van der Waals surface area contributed by atoms with Crippen LogP contribution in [0.1, 0.15) is 5.89 Å². The van der Waals surface area contributed by atoms with Crippen LogP contribution in [0.5, 0.6) is 5.75 Å². The highest BCUT2D eigenvalue weighted by atomic mass is 32.1. The summed E-state index contributed by atoms with van der Waals surface area (Å²) < 4.78 is 12.9. The van der Waals surface area contributed by atoms with E-state index in [9.17, 15) is 0 Å². The Kier molecular flexibility index (Phi) is 3.04. The molecule has 0 unspecified atom stereocenters. The van der Waals surface area contributed by atoms with Gasteiger partial charge in [0.05, 0.1) is 18.1 Å². The summed E-state index contributed by atoms with van der Waals surface area (Å²) in [4.78, 5) is 7.16. The molecule has 0 saturated carbocycles. The Morgan fingerprint density at radius 1 is 1.47 bits per heavy atom. The number of rotatable bonds is 4. The summed E-state index contributed by atoms with van der Waals surface area (Å²) in [5.74, 6) is 1.40. The fourth-order valence-electron chi connectivity index (χ4n) is 2.01. The van der Waals surface area contributed by atoms with E-state index in [1.165, 1.54) is 6.33 Å². The first-order chi connectivity index (χ1) is 9.28. The molecule has 0 aliphatic carbocycles. The van der Waals surface area contributed by atoms with E-state index < -0.39 is 0 Å². The number of aromatic amines is 1. The van der Waals surface area contributed by atoms with Gasteiger partial charge in [-0.2, -0.15) is 4.98 Å². The third kappa shape index (κ3) is 2.24. The molecule has 3 rings (SSSR count). The lowest BCUT2D eigenvalue weighted by Gasteiger charge is -2.03. The van der Waals surface area contributed by atoms with Crippen LogP contribution in [0.4, 0.5) is 0 Å². The van der Waals surface area contributed by atoms with Gasteiger partial charge in [0.2, 0.25) is 5.89 Å². The van der Waals surface area contributed by atoms with Gasteiger partial charge in [-0.05, 0) is 24.4 Å². The first-order valence-electron chi connectivity index (χ1n) is 5.80. The van der Waals surface area contributed by atoms with Gasteiger partial charge in [0, 0.05) is 19.0 Å². The summed E-state index contributed by atoms with van der Waals surface area (Å²) in [6.07, 6.45) is 2.04. The van der Waals surface area contributed by atoms with E-state index in [1.54, 1.807) is 7.11 Å². The Bertz CT molecular complexity index is 745. The monoisotopic (exact) mass is 276 g/mol. The maximum absolute atomic E-state index is 5.33. The third-order valence-electron chi connectivity index (χ3n) is 2.94. The maximum Gasteiger partial charge on any atom is 0.228 e. The number of aryl methyl sites for hydroxylation is 2. The van der Waals surface area contributed by atoms with Crippen LogP contribution in [0.15, 0.2) is 29.0 Å². The molecule has 0 spiro atoms. The summed E-state index contributed by atoms with van der Waals surface area (Å²) in [6.45, 7) is 0.688. The van der Waals surface area contributed by atoms with E-state index in [0.717, 1.165) is 16.8 Å². The SMILES string of the molecule is COc1ccc2c(c1)[nH]c(=S)n2CCc1ncno1. The fraction of sp³-hybridized carbons (Fsp3) is 0.250. The standard InChI is InChI=1S/C12H12N4O2S/c1-17-8-2-3-10-9(6-8)15-12(19)16(10)5-4-11-13-7-14-18-11/h2-3,6-7H,4-5H2,1H3,(H,15,19). The topological polar surface area (TPSA) is 68.9 Å². The van der Waals surface area contributed by atoms with Crippen molar-refractivity contribution in [3.05, 3.63) is 35.2 Å². The van der Waals surface area contributed by atoms with E-state index in [0.29, 0.717) is 23.6 Å². The molecular formula is C12H12N4O2S. The van der Waals surface area contributed by atoms with Crippen molar-refractivity contribution >= 4 is 23.3 Å². The van der Waals surface area contributed by atoms with Gasteiger partial charge in [-0.25, -0.2) is 0 Å². The normalized spacial score (nSPS) is 11.0. The predicted octanol–water partition coefficient (Wildman–Crippen LogP) is 2.33. The van der Waals surface area contributed by atoms with Crippen LogP contribution in [0.25, 0.3) is 11.0 Å². The average molecular weight is 276 g/mol. The average Bonchev–Trinajstić information content (AvgIpc) is 3.02. The summed E-state index contributed by atoms with van der Waals surface area (Å²) in [5.41, 5.74) is 1.99. The van der Waals surface area contributed by atoms with Crippen molar-refractivity contribution in [2.45, 2.75) is 13.0 Å². The van der Waals surface area contributed by atoms with Crippen molar-refractivity contribution in [2.24, 2.45) is 0 Å². The molecule has 1 N–H and O–H groups in total. The minimum absolute atomic E-state index is 0.602. The highest BCUT2D eigenvalue weighted by molar-refractivity contribution is 7.71. The summed E-state index contributed by atoms with van der Waals surface area (Å²) in [7, 11) is 1.64. The first kappa shape index (κ1) is 11.9. The molecule has 7 heteroatoms. The molecule has 0 saturated heterocycles. The molecular weight excluding hydrogens is 264 g/mol. The zero-order valence-electron chi connectivity index (χ0n) is 10.3. The van der Waals surface area contributed by atoms with Gasteiger partial charge in [-0.15, -0.1) is 0 Å². The minimum atomic E-state index is 0.602. The Morgan fingerprint density at radius 3 is 3.11 bits per heavy atom. The Labute approximate surface area is 114 Å². The highest BCUT2D eigenvalue weighted by Gasteiger charge is 2.07. The summed E-state index contributed by atoms with van der Waals surface area (Å²) >= 11 is 5.33.